The average molecular weight is 517 g/mol. The van der Waals surface area contributed by atoms with E-state index < -0.39 is 0 Å². The molecule has 0 aromatic heterocycles. The highest BCUT2D eigenvalue weighted by Crippen LogP contribution is 2.34. The van der Waals surface area contributed by atoms with E-state index >= 15 is 0 Å². The topological polar surface area (TPSA) is 26.3 Å². The molecule has 0 N–H and O–H groups in total. The third-order valence-corrected chi connectivity index (χ3v) is 9.09. The molecule has 0 spiro atoms. The van der Waals surface area contributed by atoms with Crippen LogP contribution >= 0.6 is 0 Å². The largest absolute Gasteiger partial charge is 0.462 e. The molecule has 2 aromatic rings. The lowest BCUT2D eigenvalue weighted by atomic mass is 9.90. The molecular formula is C36H52O2. The number of carbonyl (C=O) groups excluding carboxylic acids is 1. The normalized spacial score (nSPS) is 20.9. The van der Waals surface area contributed by atoms with E-state index in [4.69, 9.17) is 4.74 Å². The number of esters is 1. The van der Waals surface area contributed by atoms with Gasteiger partial charge in [0.25, 0.3) is 0 Å². The van der Waals surface area contributed by atoms with Crippen molar-refractivity contribution in [3.8, 4) is 11.1 Å². The molecule has 2 aliphatic rings. The Bertz CT molecular complexity index is 975. The quantitative estimate of drug-likeness (QED) is 0.164. The summed E-state index contributed by atoms with van der Waals surface area (Å²) in [6.45, 7) is 4.53. The van der Waals surface area contributed by atoms with Gasteiger partial charge in [-0.05, 0) is 91.5 Å². The minimum absolute atomic E-state index is 0.0429. The van der Waals surface area contributed by atoms with E-state index in [1.54, 1.807) is 11.1 Å². The van der Waals surface area contributed by atoms with Crippen LogP contribution in [0, 0.1) is 11.8 Å². The average Bonchev–Trinajstić information content (AvgIpc) is 3.35. The summed E-state index contributed by atoms with van der Waals surface area (Å²) >= 11 is 0. The predicted octanol–water partition coefficient (Wildman–Crippen LogP) is 10.0. The maximum Gasteiger partial charge on any atom is 0.309 e. The number of aryl methyl sites for hydroxylation is 1. The van der Waals surface area contributed by atoms with Gasteiger partial charge in [-0.2, -0.15) is 0 Å². The maximum absolute atomic E-state index is 12.6. The van der Waals surface area contributed by atoms with Crippen molar-refractivity contribution in [1.82, 2.24) is 0 Å². The van der Waals surface area contributed by atoms with Crippen LogP contribution in [-0.2, 0) is 28.8 Å². The molecule has 1 aliphatic heterocycles. The fourth-order valence-electron chi connectivity index (χ4n) is 6.60. The molecule has 3 unspecified atom stereocenters. The molecule has 1 aliphatic carbocycles. The van der Waals surface area contributed by atoms with Gasteiger partial charge >= 0.3 is 5.97 Å². The summed E-state index contributed by atoms with van der Waals surface area (Å²) in [5, 5.41) is 0. The first-order valence-corrected chi connectivity index (χ1v) is 16.1. The van der Waals surface area contributed by atoms with E-state index in [2.05, 4.69) is 56.3 Å². The van der Waals surface area contributed by atoms with Crippen molar-refractivity contribution in [2.45, 2.75) is 136 Å². The maximum atomic E-state index is 12.6. The van der Waals surface area contributed by atoms with Crippen LogP contribution in [0.25, 0.3) is 11.1 Å². The number of hydrogen-bond acceptors (Lipinski definition) is 2. The molecule has 0 saturated carbocycles. The van der Waals surface area contributed by atoms with Crippen LogP contribution in [0.2, 0.25) is 0 Å². The van der Waals surface area contributed by atoms with Gasteiger partial charge in [0, 0.05) is 0 Å². The predicted molar refractivity (Wildman–Crippen MR) is 160 cm³/mol. The van der Waals surface area contributed by atoms with Crippen LogP contribution in [0.15, 0.2) is 42.5 Å². The summed E-state index contributed by atoms with van der Waals surface area (Å²) in [4.78, 5) is 12.6. The summed E-state index contributed by atoms with van der Waals surface area (Å²) in [5.41, 5.74) is 7.12. The Morgan fingerprint density at radius 2 is 1.34 bits per heavy atom. The lowest BCUT2D eigenvalue weighted by Crippen LogP contribution is -2.31. The molecule has 38 heavy (non-hydrogen) atoms. The molecule has 0 amide bonds. The van der Waals surface area contributed by atoms with Gasteiger partial charge in [0.2, 0.25) is 0 Å². The van der Waals surface area contributed by atoms with Gasteiger partial charge in [-0.25, -0.2) is 0 Å². The van der Waals surface area contributed by atoms with Crippen LogP contribution in [-0.4, -0.2) is 12.1 Å². The summed E-state index contributed by atoms with van der Waals surface area (Å²) in [5.74, 6) is 0.959. The Kier molecular flexibility index (Phi) is 11.8. The lowest BCUT2D eigenvalue weighted by molar-refractivity contribution is -0.161. The number of fused-ring (bicyclic) bond motifs is 1. The number of benzene rings is 2. The van der Waals surface area contributed by atoms with Gasteiger partial charge in [0.15, 0.2) is 0 Å². The zero-order valence-corrected chi connectivity index (χ0v) is 24.3. The monoisotopic (exact) mass is 516 g/mol. The number of carbonyl (C=O) groups is 1. The molecule has 3 atom stereocenters. The van der Waals surface area contributed by atoms with Gasteiger partial charge in [-0.1, -0.05) is 114 Å². The van der Waals surface area contributed by atoms with Gasteiger partial charge in [0.05, 0.1) is 5.92 Å². The zero-order chi connectivity index (χ0) is 26.6. The smallest absolute Gasteiger partial charge is 0.309 e. The van der Waals surface area contributed by atoms with Gasteiger partial charge in [0.1, 0.15) is 6.10 Å². The first-order valence-electron chi connectivity index (χ1n) is 16.1. The third-order valence-electron chi connectivity index (χ3n) is 9.09. The summed E-state index contributed by atoms with van der Waals surface area (Å²) in [7, 11) is 0. The number of ether oxygens (including phenoxy) is 1. The van der Waals surface area contributed by atoms with Gasteiger partial charge in [-0.15, -0.1) is 0 Å². The van der Waals surface area contributed by atoms with E-state index in [-0.39, 0.29) is 18.0 Å². The Morgan fingerprint density at radius 3 is 2.11 bits per heavy atom. The standard InChI is InChI=1S/C36H52O2/c1-3-5-7-9-10-11-13-29-25-32-21-22-33(27-34(32)26-29)30-18-15-28(16-19-30)17-20-31-23-24-35(38-36(31)37)14-12-8-6-4-2/h15-16,18-19,21-22,27,29,31,35H,3-14,17,20,23-26H2,1-2H3. The van der Waals surface area contributed by atoms with Crippen LogP contribution in [0.1, 0.15) is 127 Å². The molecule has 4 rings (SSSR count). The number of rotatable bonds is 16. The molecule has 1 saturated heterocycles. The fraction of sp³-hybridized carbons (Fsp3) is 0.639. The van der Waals surface area contributed by atoms with Crippen molar-refractivity contribution in [2.75, 3.05) is 0 Å². The SMILES string of the molecule is CCCCCCCCC1Cc2ccc(-c3ccc(CCC4CCC(CCCCCC)OC4=O)cc3)cc2C1. The van der Waals surface area contributed by atoms with Crippen molar-refractivity contribution in [1.29, 1.82) is 0 Å². The van der Waals surface area contributed by atoms with E-state index in [9.17, 15) is 4.79 Å². The Hall–Kier alpha value is -2.09. The second-order valence-electron chi connectivity index (χ2n) is 12.2. The highest BCUT2D eigenvalue weighted by molar-refractivity contribution is 5.73. The van der Waals surface area contributed by atoms with Crippen LogP contribution in [0.5, 0.6) is 0 Å². The molecule has 0 radical (unpaired) electrons. The highest BCUT2D eigenvalue weighted by atomic mass is 16.5. The zero-order valence-electron chi connectivity index (χ0n) is 24.3. The second-order valence-corrected chi connectivity index (χ2v) is 12.2. The Balaban J connectivity index is 1.20. The molecule has 208 valence electrons. The minimum atomic E-state index is 0.0429. The summed E-state index contributed by atoms with van der Waals surface area (Å²) in [6.07, 6.45) is 22.4. The van der Waals surface area contributed by atoms with Crippen molar-refractivity contribution >= 4 is 5.97 Å². The number of cyclic esters (lactones) is 1. The van der Waals surface area contributed by atoms with Gasteiger partial charge in [-0.3, -0.25) is 4.79 Å². The van der Waals surface area contributed by atoms with Crippen molar-refractivity contribution in [2.24, 2.45) is 11.8 Å². The Morgan fingerprint density at radius 1 is 0.684 bits per heavy atom. The molecule has 1 fully saturated rings. The van der Waals surface area contributed by atoms with E-state index in [1.165, 1.54) is 100 Å². The van der Waals surface area contributed by atoms with E-state index in [0.717, 1.165) is 38.0 Å². The Labute approximate surface area is 233 Å². The first-order chi connectivity index (χ1) is 18.7. The van der Waals surface area contributed by atoms with E-state index in [0.29, 0.717) is 0 Å². The summed E-state index contributed by atoms with van der Waals surface area (Å²) < 4.78 is 5.79. The van der Waals surface area contributed by atoms with Crippen molar-refractivity contribution in [3.05, 3.63) is 59.2 Å². The summed E-state index contributed by atoms with van der Waals surface area (Å²) in [6, 6.07) is 16.2. The number of hydrogen-bond donors (Lipinski definition) is 0. The lowest BCUT2D eigenvalue weighted by Gasteiger charge is -2.28. The van der Waals surface area contributed by atoms with E-state index in [1.807, 2.05) is 0 Å². The van der Waals surface area contributed by atoms with Crippen molar-refractivity contribution < 1.29 is 9.53 Å². The molecule has 2 heteroatoms. The van der Waals surface area contributed by atoms with Crippen LogP contribution in [0.3, 0.4) is 0 Å². The third kappa shape index (κ3) is 8.72. The fourth-order valence-corrected chi connectivity index (χ4v) is 6.60. The van der Waals surface area contributed by atoms with Crippen molar-refractivity contribution in [3.63, 3.8) is 0 Å². The highest BCUT2D eigenvalue weighted by Gasteiger charge is 2.29. The molecule has 0 bridgehead atoms. The molecule has 2 nitrogen and oxygen atoms in total. The minimum Gasteiger partial charge on any atom is -0.462 e. The van der Waals surface area contributed by atoms with Crippen LogP contribution in [0.4, 0.5) is 0 Å². The molecule has 1 heterocycles. The van der Waals surface area contributed by atoms with Crippen LogP contribution < -0.4 is 0 Å². The van der Waals surface area contributed by atoms with Gasteiger partial charge < -0.3 is 4.74 Å². The number of unbranched alkanes of at least 4 members (excludes halogenated alkanes) is 8. The molecular weight excluding hydrogens is 464 g/mol. The second kappa shape index (κ2) is 15.5. The molecule has 2 aromatic carbocycles. The first kappa shape index (κ1) is 28.9.